The number of carbonyl (C=O) groups is 1. The zero-order valence-corrected chi connectivity index (χ0v) is 19.4. The van der Waals surface area contributed by atoms with Gasteiger partial charge < -0.3 is 10.0 Å². The number of rotatable bonds is 10. The molecule has 1 heterocycles. The summed E-state index contributed by atoms with van der Waals surface area (Å²) in [5, 5.41) is 10.3. The molecule has 2 atom stereocenters. The van der Waals surface area contributed by atoms with Crippen LogP contribution in [0, 0.1) is 0 Å². The van der Waals surface area contributed by atoms with Crippen molar-refractivity contribution in [2.45, 2.75) is 81.8 Å². The molecular weight excluding hydrogens is 426 g/mol. The second kappa shape index (κ2) is 11.1. The molecule has 3 rings (SSSR count). The van der Waals surface area contributed by atoms with E-state index in [2.05, 4.69) is 6.92 Å². The van der Waals surface area contributed by atoms with E-state index in [4.69, 9.17) is 0 Å². The zero-order valence-electron chi connectivity index (χ0n) is 18.6. The monoisotopic (exact) mass is 459 g/mol. The predicted molar refractivity (Wildman–Crippen MR) is 125 cm³/mol. The normalized spacial score (nSPS) is 18.0. The van der Waals surface area contributed by atoms with Gasteiger partial charge in [0.2, 0.25) is 5.91 Å². The molecule has 1 aliphatic heterocycles. The molecule has 0 aliphatic carbocycles. The Bertz CT molecular complexity index is 1000. The Morgan fingerprint density at radius 2 is 1.88 bits per heavy atom. The molecule has 0 radical (unpaired) electrons. The quantitative estimate of drug-likeness (QED) is 0.484. The smallest absolute Gasteiger partial charge is 0.294 e. The van der Waals surface area contributed by atoms with Crippen LogP contribution >= 0.6 is 0 Å². The summed E-state index contributed by atoms with van der Waals surface area (Å²) in [7, 11) is -4.21. The number of aryl methyl sites for hydroxylation is 1. The first-order valence-electron chi connectivity index (χ1n) is 11.5. The maximum absolute atomic E-state index is 12.7. The number of anilines is 1. The van der Waals surface area contributed by atoms with Crippen LogP contribution in [-0.4, -0.2) is 30.0 Å². The number of hydrogen-bond donors (Lipinski definition) is 2. The molecule has 0 bridgehead atoms. The lowest BCUT2D eigenvalue weighted by atomic mass is 9.94. The van der Waals surface area contributed by atoms with E-state index in [0.717, 1.165) is 61.8 Å². The third kappa shape index (κ3) is 6.40. The van der Waals surface area contributed by atoms with Crippen molar-refractivity contribution in [3.05, 3.63) is 59.7 Å². The Labute approximate surface area is 191 Å². The summed E-state index contributed by atoms with van der Waals surface area (Å²) in [5.74, 6) is 0.119. The van der Waals surface area contributed by atoms with E-state index in [-0.39, 0.29) is 16.8 Å². The molecule has 0 saturated carbocycles. The SMILES string of the molecule is CCCCC(O)c1ccc(N2C(=O)CCCC2CCCc2cccc(S(=O)(=O)O)c2)cc1. The second-order valence-electron chi connectivity index (χ2n) is 8.57. The van der Waals surface area contributed by atoms with Crippen LogP contribution in [0.3, 0.4) is 0 Å². The third-order valence-electron chi connectivity index (χ3n) is 6.15. The summed E-state index contributed by atoms with van der Waals surface area (Å²) < 4.78 is 32.0. The number of aliphatic hydroxyl groups is 1. The second-order valence-corrected chi connectivity index (χ2v) is 10.00. The fraction of sp³-hybridized carbons (Fsp3) is 0.480. The summed E-state index contributed by atoms with van der Waals surface area (Å²) >= 11 is 0. The predicted octanol–water partition coefficient (Wildman–Crippen LogP) is 5.07. The number of carbonyl (C=O) groups excluding carboxylic acids is 1. The van der Waals surface area contributed by atoms with Gasteiger partial charge in [0.05, 0.1) is 11.0 Å². The van der Waals surface area contributed by atoms with Crippen LogP contribution in [-0.2, 0) is 21.3 Å². The van der Waals surface area contributed by atoms with Crippen LogP contribution < -0.4 is 4.90 Å². The van der Waals surface area contributed by atoms with Crippen molar-refractivity contribution in [1.82, 2.24) is 0 Å². The van der Waals surface area contributed by atoms with Crippen LogP contribution in [0.1, 0.15) is 75.5 Å². The Hall–Kier alpha value is -2.22. The summed E-state index contributed by atoms with van der Waals surface area (Å²) in [6.45, 7) is 2.10. The summed E-state index contributed by atoms with van der Waals surface area (Å²) in [4.78, 5) is 14.5. The molecule has 2 aromatic carbocycles. The van der Waals surface area contributed by atoms with E-state index >= 15 is 0 Å². The Morgan fingerprint density at radius 1 is 1.12 bits per heavy atom. The molecule has 32 heavy (non-hydrogen) atoms. The van der Waals surface area contributed by atoms with Crippen LogP contribution in [0.4, 0.5) is 5.69 Å². The van der Waals surface area contributed by atoms with Crippen LogP contribution in [0.2, 0.25) is 0 Å². The topological polar surface area (TPSA) is 94.9 Å². The van der Waals surface area contributed by atoms with Crippen molar-refractivity contribution >= 4 is 21.7 Å². The average molecular weight is 460 g/mol. The lowest BCUT2D eigenvalue weighted by molar-refractivity contribution is -0.120. The van der Waals surface area contributed by atoms with Gasteiger partial charge in [0.15, 0.2) is 0 Å². The van der Waals surface area contributed by atoms with Gasteiger partial charge in [-0.2, -0.15) is 8.42 Å². The standard InChI is InChI=1S/C25H33NO5S/c1-2-3-12-24(27)20-14-16-22(17-15-20)26-21(10-6-13-25(26)28)9-4-7-19-8-5-11-23(18-19)32(29,30)31/h5,8,11,14-18,21,24,27H,2-4,6-7,9-10,12-13H2,1H3,(H,29,30,31). The van der Waals surface area contributed by atoms with Crippen LogP contribution in [0.15, 0.2) is 53.4 Å². The molecular formula is C25H33NO5S. The highest BCUT2D eigenvalue weighted by molar-refractivity contribution is 7.85. The Balaban J connectivity index is 1.65. The molecule has 1 saturated heterocycles. The highest BCUT2D eigenvalue weighted by Gasteiger charge is 2.29. The van der Waals surface area contributed by atoms with Crippen molar-refractivity contribution in [1.29, 1.82) is 0 Å². The first-order valence-corrected chi connectivity index (χ1v) is 12.9. The maximum atomic E-state index is 12.7. The number of benzene rings is 2. The molecule has 6 nitrogen and oxygen atoms in total. The van der Waals surface area contributed by atoms with E-state index in [1.807, 2.05) is 35.2 Å². The fourth-order valence-electron chi connectivity index (χ4n) is 4.39. The minimum Gasteiger partial charge on any atom is -0.388 e. The van der Waals surface area contributed by atoms with Crippen molar-refractivity contribution < 1.29 is 22.9 Å². The number of aliphatic hydroxyl groups excluding tert-OH is 1. The Kier molecular flexibility index (Phi) is 8.45. The number of amides is 1. The summed E-state index contributed by atoms with van der Waals surface area (Å²) in [6, 6.07) is 14.1. The first-order chi connectivity index (χ1) is 15.3. The van der Waals surface area contributed by atoms with Crippen molar-refractivity contribution in [3.8, 4) is 0 Å². The van der Waals surface area contributed by atoms with Crippen molar-refractivity contribution in [3.63, 3.8) is 0 Å². The highest BCUT2D eigenvalue weighted by Crippen LogP contribution is 2.30. The first kappa shape index (κ1) is 24.4. The van der Waals surface area contributed by atoms with Gasteiger partial charge >= 0.3 is 0 Å². The van der Waals surface area contributed by atoms with Crippen LogP contribution in [0.25, 0.3) is 0 Å². The van der Waals surface area contributed by atoms with Gasteiger partial charge in [-0.05, 0) is 73.9 Å². The minimum atomic E-state index is -4.21. The molecule has 0 aromatic heterocycles. The number of nitrogens with zero attached hydrogens (tertiary/aromatic N) is 1. The van der Waals surface area contributed by atoms with E-state index in [1.165, 1.54) is 12.1 Å². The van der Waals surface area contributed by atoms with Gasteiger partial charge in [0.25, 0.3) is 10.1 Å². The third-order valence-corrected chi connectivity index (χ3v) is 7.00. The maximum Gasteiger partial charge on any atom is 0.294 e. The lowest BCUT2D eigenvalue weighted by Crippen LogP contribution is -2.43. The Morgan fingerprint density at radius 3 is 2.56 bits per heavy atom. The number of piperidine rings is 1. The molecule has 2 aromatic rings. The van der Waals surface area contributed by atoms with Gasteiger partial charge in [-0.1, -0.05) is 44.0 Å². The lowest BCUT2D eigenvalue weighted by Gasteiger charge is -2.36. The molecule has 2 unspecified atom stereocenters. The van der Waals surface area contributed by atoms with E-state index < -0.39 is 16.2 Å². The molecule has 7 heteroatoms. The minimum absolute atomic E-state index is 0.0920. The van der Waals surface area contributed by atoms with E-state index in [0.29, 0.717) is 12.8 Å². The van der Waals surface area contributed by atoms with Crippen molar-refractivity contribution in [2.24, 2.45) is 0 Å². The largest absolute Gasteiger partial charge is 0.388 e. The molecule has 2 N–H and O–H groups in total. The van der Waals surface area contributed by atoms with Gasteiger partial charge in [-0.15, -0.1) is 0 Å². The van der Waals surface area contributed by atoms with Gasteiger partial charge in [0.1, 0.15) is 0 Å². The molecule has 1 amide bonds. The zero-order chi connectivity index (χ0) is 23.1. The van der Waals surface area contributed by atoms with E-state index in [1.54, 1.807) is 6.07 Å². The molecule has 1 fully saturated rings. The summed E-state index contributed by atoms with van der Waals surface area (Å²) in [6.07, 6.45) is 6.89. The van der Waals surface area contributed by atoms with Gasteiger partial charge in [-0.25, -0.2) is 0 Å². The molecule has 174 valence electrons. The van der Waals surface area contributed by atoms with Crippen LogP contribution in [0.5, 0.6) is 0 Å². The van der Waals surface area contributed by atoms with Gasteiger partial charge in [-0.3, -0.25) is 9.35 Å². The highest BCUT2D eigenvalue weighted by atomic mass is 32.2. The van der Waals surface area contributed by atoms with Gasteiger partial charge in [0, 0.05) is 18.2 Å². The summed E-state index contributed by atoms with van der Waals surface area (Å²) in [5.41, 5.74) is 2.58. The van der Waals surface area contributed by atoms with Crippen molar-refractivity contribution in [2.75, 3.05) is 4.90 Å². The number of hydrogen-bond acceptors (Lipinski definition) is 4. The molecule has 0 spiro atoms. The fourth-order valence-corrected chi connectivity index (χ4v) is 4.95. The number of unbranched alkanes of at least 4 members (excludes halogenated alkanes) is 1. The molecule has 1 aliphatic rings. The van der Waals surface area contributed by atoms with E-state index in [9.17, 15) is 22.9 Å². The average Bonchev–Trinajstić information content (AvgIpc) is 2.77.